The zero-order valence-electron chi connectivity index (χ0n) is 13.9. The van der Waals surface area contributed by atoms with E-state index in [0.717, 1.165) is 17.7 Å². The summed E-state index contributed by atoms with van der Waals surface area (Å²) in [7, 11) is 0. The van der Waals surface area contributed by atoms with Crippen LogP contribution in [0.5, 0.6) is 0 Å². The van der Waals surface area contributed by atoms with Gasteiger partial charge in [-0.15, -0.1) is 21.5 Å². The van der Waals surface area contributed by atoms with Crippen LogP contribution in [0.15, 0.2) is 46.2 Å². The molecule has 1 atom stereocenters. The lowest BCUT2D eigenvalue weighted by molar-refractivity contribution is 0.187. The summed E-state index contributed by atoms with van der Waals surface area (Å²) >= 11 is 7.53. The van der Waals surface area contributed by atoms with E-state index in [-0.39, 0.29) is 11.9 Å². The average molecular weight is 389 g/mol. The number of aromatic nitrogens is 2. The Morgan fingerprint density at radius 2 is 2.23 bits per heavy atom. The predicted octanol–water partition coefficient (Wildman–Crippen LogP) is 4.86. The Hall–Kier alpha value is -2.38. The number of nitrogens with one attached hydrogen (secondary N) is 1. The van der Waals surface area contributed by atoms with Gasteiger partial charge in [0, 0.05) is 23.8 Å². The molecule has 1 aromatic carbocycles. The van der Waals surface area contributed by atoms with Gasteiger partial charge in [-0.3, -0.25) is 0 Å². The molecule has 1 unspecified atom stereocenters. The van der Waals surface area contributed by atoms with E-state index in [2.05, 4.69) is 15.5 Å². The molecule has 3 aromatic rings. The number of anilines is 1. The van der Waals surface area contributed by atoms with Gasteiger partial charge in [-0.2, -0.15) is 0 Å². The number of halogens is 1. The van der Waals surface area contributed by atoms with Crippen molar-refractivity contribution in [1.29, 1.82) is 0 Å². The van der Waals surface area contributed by atoms with Crippen molar-refractivity contribution in [2.24, 2.45) is 0 Å². The summed E-state index contributed by atoms with van der Waals surface area (Å²) in [5, 5.41) is 13.8. The van der Waals surface area contributed by atoms with Crippen LogP contribution < -0.4 is 5.32 Å². The van der Waals surface area contributed by atoms with Crippen molar-refractivity contribution >= 4 is 34.7 Å². The fourth-order valence-corrected chi connectivity index (χ4v) is 3.87. The maximum atomic E-state index is 12.6. The fourth-order valence-electron chi connectivity index (χ4n) is 3.03. The number of rotatable bonds is 3. The maximum Gasteiger partial charge on any atom is 0.321 e. The molecule has 0 radical (unpaired) electrons. The van der Waals surface area contributed by atoms with Crippen molar-refractivity contribution in [2.75, 3.05) is 18.4 Å². The van der Waals surface area contributed by atoms with Gasteiger partial charge in [0.15, 0.2) is 0 Å². The Bertz CT molecular complexity index is 896. The van der Waals surface area contributed by atoms with Gasteiger partial charge in [-0.1, -0.05) is 23.7 Å². The Morgan fingerprint density at radius 1 is 1.31 bits per heavy atom. The zero-order valence-corrected chi connectivity index (χ0v) is 15.5. The number of urea groups is 1. The quantitative estimate of drug-likeness (QED) is 0.695. The van der Waals surface area contributed by atoms with Crippen LogP contribution in [-0.4, -0.2) is 34.2 Å². The topological polar surface area (TPSA) is 71.3 Å². The van der Waals surface area contributed by atoms with E-state index in [9.17, 15) is 4.79 Å². The van der Waals surface area contributed by atoms with Crippen molar-refractivity contribution in [3.05, 3.63) is 52.7 Å². The smallest absolute Gasteiger partial charge is 0.321 e. The SMILES string of the molecule is O=C(Nc1cccc(Cl)c1)N1CCCC(c2nnc(-c3cccs3)o2)C1. The van der Waals surface area contributed by atoms with Gasteiger partial charge in [0.05, 0.1) is 10.8 Å². The summed E-state index contributed by atoms with van der Waals surface area (Å²) in [5.41, 5.74) is 0.683. The van der Waals surface area contributed by atoms with Crippen molar-refractivity contribution in [3.63, 3.8) is 0 Å². The molecule has 2 aromatic heterocycles. The second kappa shape index (κ2) is 7.47. The number of nitrogens with zero attached hydrogens (tertiary/aromatic N) is 3. The standard InChI is InChI=1S/C18H17ClN4O2S/c19-13-5-1-6-14(10-13)20-18(24)23-8-2-4-12(11-23)16-21-22-17(25-16)15-7-3-9-26-15/h1,3,5-7,9-10,12H,2,4,8,11H2,(H,20,24). The molecule has 6 nitrogen and oxygen atoms in total. The summed E-state index contributed by atoms with van der Waals surface area (Å²) < 4.78 is 5.84. The molecule has 0 aliphatic carbocycles. The van der Waals surface area contributed by atoms with Gasteiger partial charge < -0.3 is 14.6 Å². The largest absolute Gasteiger partial charge is 0.420 e. The minimum absolute atomic E-state index is 0.0510. The Balaban J connectivity index is 1.43. The van der Waals surface area contributed by atoms with E-state index >= 15 is 0 Å². The lowest BCUT2D eigenvalue weighted by Gasteiger charge is -2.31. The second-order valence-corrected chi connectivity index (χ2v) is 7.53. The molecule has 8 heteroatoms. The number of hydrogen-bond acceptors (Lipinski definition) is 5. The third kappa shape index (κ3) is 3.73. The van der Waals surface area contributed by atoms with E-state index in [1.807, 2.05) is 29.6 Å². The van der Waals surface area contributed by atoms with Crippen LogP contribution in [0.2, 0.25) is 5.02 Å². The van der Waals surface area contributed by atoms with Gasteiger partial charge in [0.25, 0.3) is 5.89 Å². The number of likely N-dealkylation sites (tertiary alicyclic amines) is 1. The molecule has 0 spiro atoms. The van der Waals surface area contributed by atoms with E-state index in [4.69, 9.17) is 16.0 Å². The number of carbonyl (C=O) groups excluding carboxylic acids is 1. The van der Waals surface area contributed by atoms with Crippen LogP contribution in [0, 0.1) is 0 Å². The van der Waals surface area contributed by atoms with Gasteiger partial charge in [-0.25, -0.2) is 4.79 Å². The number of hydrogen-bond donors (Lipinski definition) is 1. The highest BCUT2D eigenvalue weighted by Gasteiger charge is 2.28. The van der Waals surface area contributed by atoms with Crippen LogP contribution in [-0.2, 0) is 0 Å². The first-order valence-corrected chi connectivity index (χ1v) is 9.63. The lowest BCUT2D eigenvalue weighted by Crippen LogP contribution is -2.41. The van der Waals surface area contributed by atoms with Crippen molar-refractivity contribution in [2.45, 2.75) is 18.8 Å². The molecule has 0 saturated carbocycles. The molecule has 1 saturated heterocycles. The first-order valence-electron chi connectivity index (χ1n) is 8.38. The minimum atomic E-state index is -0.144. The molecule has 2 amide bonds. The fraction of sp³-hybridized carbons (Fsp3) is 0.278. The molecule has 26 heavy (non-hydrogen) atoms. The molecule has 4 rings (SSSR count). The molecule has 1 aliphatic rings. The summed E-state index contributed by atoms with van der Waals surface area (Å²) in [5.74, 6) is 1.18. The maximum absolute atomic E-state index is 12.6. The molecule has 3 heterocycles. The molecular formula is C18H17ClN4O2S. The molecule has 1 N–H and O–H groups in total. The van der Waals surface area contributed by atoms with Crippen molar-refractivity contribution in [3.8, 4) is 10.8 Å². The van der Waals surface area contributed by atoms with Crippen LogP contribution in [0.1, 0.15) is 24.7 Å². The molecule has 0 bridgehead atoms. The molecule has 134 valence electrons. The van der Waals surface area contributed by atoms with E-state index in [1.165, 1.54) is 0 Å². The van der Waals surface area contributed by atoms with E-state index in [0.29, 0.717) is 35.6 Å². The Labute approximate surface area is 159 Å². The predicted molar refractivity (Wildman–Crippen MR) is 102 cm³/mol. The number of thiophene rings is 1. The molecule has 1 aliphatic heterocycles. The zero-order chi connectivity index (χ0) is 17.9. The number of piperidine rings is 1. The van der Waals surface area contributed by atoms with Crippen molar-refractivity contribution < 1.29 is 9.21 Å². The highest BCUT2D eigenvalue weighted by molar-refractivity contribution is 7.13. The molecular weight excluding hydrogens is 372 g/mol. The monoisotopic (exact) mass is 388 g/mol. The van der Waals surface area contributed by atoms with Crippen molar-refractivity contribution in [1.82, 2.24) is 15.1 Å². The number of carbonyl (C=O) groups is 1. The first-order chi connectivity index (χ1) is 12.7. The third-order valence-electron chi connectivity index (χ3n) is 4.31. The van der Waals surface area contributed by atoms with Gasteiger partial charge >= 0.3 is 6.03 Å². The third-order valence-corrected chi connectivity index (χ3v) is 5.40. The van der Waals surface area contributed by atoms with Gasteiger partial charge in [-0.05, 0) is 42.5 Å². The average Bonchev–Trinajstić information content (AvgIpc) is 3.33. The van der Waals surface area contributed by atoms with Crippen LogP contribution in [0.4, 0.5) is 10.5 Å². The number of benzene rings is 1. The Morgan fingerprint density at radius 3 is 3.04 bits per heavy atom. The summed E-state index contributed by atoms with van der Waals surface area (Å²) in [4.78, 5) is 15.3. The number of amides is 2. The van der Waals surface area contributed by atoms with Crippen LogP contribution in [0.3, 0.4) is 0 Å². The second-order valence-electron chi connectivity index (χ2n) is 6.15. The van der Waals surface area contributed by atoms with Gasteiger partial charge in [0.2, 0.25) is 5.89 Å². The highest BCUT2D eigenvalue weighted by atomic mass is 35.5. The normalized spacial score (nSPS) is 17.3. The van der Waals surface area contributed by atoms with E-state index < -0.39 is 0 Å². The summed E-state index contributed by atoms with van der Waals surface area (Å²) in [6, 6.07) is 10.9. The first kappa shape index (κ1) is 17.1. The summed E-state index contributed by atoms with van der Waals surface area (Å²) in [6.07, 6.45) is 1.82. The Kier molecular flexibility index (Phi) is 4.90. The van der Waals surface area contributed by atoms with E-state index in [1.54, 1.807) is 28.4 Å². The highest BCUT2D eigenvalue weighted by Crippen LogP contribution is 2.30. The molecule has 1 fully saturated rings. The van der Waals surface area contributed by atoms with Crippen LogP contribution in [0.25, 0.3) is 10.8 Å². The summed E-state index contributed by atoms with van der Waals surface area (Å²) in [6.45, 7) is 1.26. The lowest BCUT2D eigenvalue weighted by atomic mass is 9.98. The van der Waals surface area contributed by atoms with Crippen LogP contribution >= 0.6 is 22.9 Å². The van der Waals surface area contributed by atoms with Gasteiger partial charge in [0.1, 0.15) is 0 Å². The minimum Gasteiger partial charge on any atom is -0.420 e.